The summed E-state index contributed by atoms with van der Waals surface area (Å²) in [5, 5.41) is 5.30. The average molecular weight is 286 g/mol. The normalized spacial score (nSPS) is 20.9. The van der Waals surface area contributed by atoms with Crippen LogP contribution in [0.4, 0.5) is 4.79 Å². The number of amides is 2. The van der Waals surface area contributed by atoms with E-state index in [1.54, 1.807) is 27.7 Å². The number of ether oxygens (including phenoxy) is 2. The maximum absolute atomic E-state index is 11.8. The van der Waals surface area contributed by atoms with Gasteiger partial charge in [0.2, 0.25) is 5.91 Å². The molecule has 20 heavy (non-hydrogen) atoms. The van der Waals surface area contributed by atoms with E-state index in [0.717, 1.165) is 25.9 Å². The third-order valence-corrected chi connectivity index (χ3v) is 2.90. The zero-order valence-electron chi connectivity index (χ0n) is 12.8. The van der Waals surface area contributed by atoms with E-state index >= 15 is 0 Å². The number of rotatable bonds is 4. The second-order valence-electron chi connectivity index (χ2n) is 6.10. The number of nitrogens with one attached hydrogen (secondary N) is 2. The van der Waals surface area contributed by atoms with Gasteiger partial charge in [0.25, 0.3) is 0 Å². The molecule has 1 aliphatic rings. The molecular weight excluding hydrogens is 260 g/mol. The smallest absolute Gasteiger partial charge is 0.408 e. The second kappa shape index (κ2) is 7.47. The van der Waals surface area contributed by atoms with Gasteiger partial charge in [0, 0.05) is 13.2 Å². The van der Waals surface area contributed by atoms with Crippen molar-refractivity contribution in [3.8, 4) is 0 Å². The van der Waals surface area contributed by atoms with Crippen LogP contribution in [-0.2, 0) is 14.3 Å². The van der Waals surface area contributed by atoms with Crippen LogP contribution in [0.3, 0.4) is 0 Å². The maximum Gasteiger partial charge on any atom is 0.408 e. The van der Waals surface area contributed by atoms with Crippen molar-refractivity contribution >= 4 is 12.0 Å². The van der Waals surface area contributed by atoms with E-state index in [2.05, 4.69) is 10.6 Å². The predicted octanol–water partition coefficient (Wildman–Crippen LogP) is 1.58. The Hall–Kier alpha value is -1.30. The predicted molar refractivity (Wildman–Crippen MR) is 75.4 cm³/mol. The van der Waals surface area contributed by atoms with Gasteiger partial charge in [-0.15, -0.1) is 0 Å². The maximum atomic E-state index is 11.8. The van der Waals surface area contributed by atoms with Gasteiger partial charge in [-0.2, -0.15) is 0 Å². The van der Waals surface area contributed by atoms with Crippen molar-refractivity contribution in [1.29, 1.82) is 0 Å². The fourth-order valence-corrected chi connectivity index (χ4v) is 1.89. The second-order valence-corrected chi connectivity index (χ2v) is 6.10. The summed E-state index contributed by atoms with van der Waals surface area (Å²) in [6.45, 7) is 8.19. The molecular formula is C14H26N2O4. The molecule has 0 aliphatic carbocycles. The molecule has 0 aromatic rings. The van der Waals surface area contributed by atoms with E-state index < -0.39 is 17.7 Å². The molecule has 0 aromatic carbocycles. The summed E-state index contributed by atoms with van der Waals surface area (Å²) in [7, 11) is 0. The van der Waals surface area contributed by atoms with Crippen molar-refractivity contribution in [3.05, 3.63) is 0 Å². The fraction of sp³-hybridized carbons (Fsp3) is 0.857. The van der Waals surface area contributed by atoms with Crippen LogP contribution in [0.15, 0.2) is 0 Å². The third kappa shape index (κ3) is 6.75. The Labute approximate surface area is 120 Å². The van der Waals surface area contributed by atoms with E-state index in [-0.39, 0.29) is 12.0 Å². The number of hydrogen-bond acceptors (Lipinski definition) is 4. The summed E-state index contributed by atoms with van der Waals surface area (Å²) in [6.07, 6.45) is 2.68. The highest BCUT2D eigenvalue weighted by Gasteiger charge is 2.22. The Morgan fingerprint density at radius 2 is 2.05 bits per heavy atom. The summed E-state index contributed by atoms with van der Waals surface area (Å²) in [5.41, 5.74) is -0.573. The zero-order valence-corrected chi connectivity index (χ0v) is 12.8. The van der Waals surface area contributed by atoms with Gasteiger partial charge in [-0.1, -0.05) is 0 Å². The zero-order chi connectivity index (χ0) is 15.2. The summed E-state index contributed by atoms with van der Waals surface area (Å²) in [5.74, 6) is -0.231. The average Bonchev–Trinajstić information content (AvgIpc) is 2.34. The molecule has 1 fully saturated rings. The third-order valence-electron chi connectivity index (χ3n) is 2.90. The molecule has 1 aliphatic heterocycles. The van der Waals surface area contributed by atoms with Gasteiger partial charge in [-0.25, -0.2) is 4.79 Å². The lowest BCUT2D eigenvalue weighted by Crippen LogP contribution is -2.48. The van der Waals surface area contributed by atoms with Crippen LogP contribution in [-0.4, -0.2) is 42.9 Å². The van der Waals surface area contributed by atoms with E-state index in [9.17, 15) is 9.59 Å². The Bertz CT molecular complexity index is 333. The fourth-order valence-electron chi connectivity index (χ4n) is 1.89. The van der Waals surface area contributed by atoms with Crippen LogP contribution >= 0.6 is 0 Å². The first-order valence-electron chi connectivity index (χ1n) is 7.17. The Morgan fingerprint density at radius 3 is 2.60 bits per heavy atom. The number of carbonyl (C=O) groups excluding carboxylic acids is 2. The molecule has 6 heteroatoms. The van der Waals surface area contributed by atoms with Gasteiger partial charge >= 0.3 is 6.09 Å². The quantitative estimate of drug-likeness (QED) is 0.822. The van der Waals surface area contributed by atoms with Crippen molar-refractivity contribution in [3.63, 3.8) is 0 Å². The van der Waals surface area contributed by atoms with Crippen molar-refractivity contribution in [2.24, 2.45) is 0 Å². The van der Waals surface area contributed by atoms with Gasteiger partial charge < -0.3 is 20.1 Å². The molecule has 1 rings (SSSR count). The summed E-state index contributed by atoms with van der Waals surface area (Å²) in [4.78, 5) is 23.4. The minimum absolute atomic E-state index is 0.0847. The van der Waals surface area contributed by atoms with E-state index in [4.69, 9.17) is 9.47 Å². The van der Waals surface area contributed by atoms with Crippen LogP contribution in [0.25, 0.3) is 0 Å². The lowest BCUT2D eigenvalue weighted by molar-refractivity contribution is -0.123. The highest BCUT2D eigenvalue weighted by Crippen LogP contribution is 2.11. The highest BCUT2D eigenvalue weighted by atomic mass is 16.6. The van der Waals surface area contributed by atoms with E-state index in [0.29, 0.717) is 6.54 Å². The van der Waals surface area contributed by atoms with E-state index in [1.807, 2.05) is 0 Å². The molecule has 0 aromatic heterocycles. The minimum Gasteiger partial charge on any atom is -0.444 e. The summed E-state index contributed by atoms with van der Waals surface area (Å²) in [6, 6.07) is -0.631. The van der Waals surface area contributed by atoms with Crippen molar-refractivity contribution in [2.75, 3.05) is 13.2 Å². The van der Waals surface area contributed by atoms with Crippen LogP contribution < -0.4 is 10.6 Å². The molecule has 1 heterocycles. The molecule has 6 nitrogen and oxygen atoms in total. The lowest BCUT2D eigenvalue weighted by Gasteiger charge is -2.24. The molecule has 0 radical (unpaired) electrons. The van der Waals surface area contributed by atoms with Crippen molar-refractivity contribution in [1.82, 2.24) is 10.6 Å². The molecule has 0 bridgehead atoms. The molecule has 116 valence electrons. The summed E-state index contributed by atoms with van der Waals surface area (Å²) >= 11 is 0. The molecule has 0 unspecified atom stereocenters. The van der Waals surface area contributed by atoms with Gasteiger partial charge in [0.15, 0.2) is 0 Å². The summed E-state index contributed by atoms with van der Waals surface area (Å²) < 4.78 is 10.6. The van der Waals surface area contributed by atoms with Gasteiger partial charge in [-0.05, 0) is 47.0 Å². The van der Waals surface area contributed by atoms with Crippen molar-refractivity contribution < 1.29 is 19.1 Å². The molecule has 2 atom stereocenters. The standard InChI is InChI=1S/C14H26N2O4/c1-10(16-13(18)20-14(2,3)4)12(17)15-9-11-7-5-6-8-19-11/h10-11H,5-9H2,1-4H3,(H,15,17)(H,16,18)/t10-,11-/m1/s1. The molecule has 1 saturated heterocycles. The Balaban J connectivity index is 2.26. The van der Waals surface area contributed by atoms with E-state index in [1.165, 1.54) is 0 Å². The molecule has 0 saturated carbocycles. The van der Waals surface area contributed by atoms with Gasteiger partial charge in [0.05, 0.1) is 6.10 Å². The van der Waals surface area contributed by atoms with Crippen LogP contribution in [0.5, 0.6) is 0 Å². The number of hydrogen-bond donors (Lipinski definition) is 2. The van der Waals surface area contributed by atoms with Gasteiger partial charge in [0.1, 0.15) is 11.6 Å². The highest BCUT2D eigenvalue weighted by molar-refractivity contribution is 5.85. The van der Waals surface area contributed by atoms with Crippen LogP contribution in [0.1, 0.15) is 47.0 Å². The van der Waals surface area contributed by atoms with Crippen LogP contribution in [0.2, 0.25) is 0 Å². The minimum atomic E-state index is -0.631. The van der Waals surface area contributed by atoms with Crippen molar-refractivity contribution in [2.45, 2.75) is 64.7 Å². The molecule has 0 spiro atoms. The Morgan fingerprint density at radius 1 is 1.35 bits per heavy atom. The number of alkyl carbamates (subject to hydrolysis) is 1. The molecule has 2 N–H and O–H groups in total. The monoisotopic (exact) mass is 286 g/mol. The van der Waals surface area contributed by atoms with Crippen LogP contribution in [0, 0.1) is 0 Å². The lowest BCUT2D eigenvalue weighted by atomic mass is 10.1. The largest absolute Gasteiger partial charge is 0.444 e. The SMILES string of the molecule is C[C@@H](NC(=O)OC(C)(C)C)C(=O)NC[C@H]1CCCCO1. The topological polar surface area (TPSA) is 76.7 Å². The first-order valence-corrected chi connectivity index (χ1v) is 7.17. The molecule has 2 amide bonds. The Kier molecular flexibility index (Phi) is 6.26. The van der Waals surface area contributed by atoms with Gasteiger partial charge in [-0.3, -0.25) is 4.79 Å². The first-order chi connectivity index (χ1) is 9.28. The first kappa shape index (κ1) is 16.8. The number of carbonyl (C=O) groups is 2.